The Morgan fingerprint density at radius 2 is 1.56 bits per heavy atom. The summed E-state index contributed by atoms with van der Waals surface area (Å²) in [5.41, 5.74) is 3.46. The molecule has 0 saturated heterocycles. The standard InChI is InChI=1S/C29H22O7/c1-15-5-3-6-20-19(15)13-14-21-25(20)27(34)26(33)24-16(2)28(36-29(21)24)17-9-11-18(12-10-17)35-23(32)8-4-7-22(30)31/h3,5-6,9-14H,4,7-8H2,1-2H3,(H,30,31). The number of furan rings is 1. The maximum atomic E-state index is 13.2. The molecular formula is C29H22O7. The molecule has 1 N–H and O–H groups in total. The van der Waals surface area contributed by atoms with Gasteiger partial charge in [-0.05, 0) is 66.9 Å². The number of hydrogen-bond acceptors (Lipinski definition) is 6. The molecule has 7 nitrogen and oxygen atoms in total. The van der Waals surface area contributed by atoms with Gasteiger partial charge in [-0.3, -0.25) is 19.2 Å². The lowest BCUT2D eigenvalue weighted by Crippen LogP contribution is -2.21. The van der Waals surface area contributed by atoms with Crippen LogP contribution in [0.5, 0.6) is 5.75 Å². The van der Waals surface area contributed by atoms with Crippen LogP contribution in [0.2, 0.25) is 0 Å². The molecule has 1 heterocycles. The summed E-state index contributed by atoms with van der Waals surface area (Å²) in [6, 6.07) is 16.0. The van der Waals surface area contributed by atoms with Crippen molar-refractivity contribution in [1.29, 1.82) is 0 Å². The van der Waals surface area contributed by atoms with Crippen LogP contribution in [0.1, 0.15) is 51.1 Å². The normalized spacial score (nSPS) is 12.4. The number of hydrogen-bond donors (Lipinski definition) is 1. The van der Waals surface area contributed by atoms with E-state index in [2.05, 4.69) is 0 Å². The number of esters is 1. The van der Waals surface area contributed by atoms with Gasteiger partial charge in [-0.2, -0.15) is 0 Å². The Labute approximate surface area is 206 Å². The molecule has 0 saturated carbocycles. The smallest absolute Gasteiger partial charge is 0.311 e. The molecule has 1 aliphatic rings. The van der Waals surface area contributed by atoms with E-state index in [0.717, 1.165) is 16.3 Å². The van der Waals surface area contributed by atoms with E-state index in [1.54, 1.807) is 31.2 Å². The van der Waals surface area contributed by atoms with Gasteiger partial charge in [0, 0.05) is 35.1 Å². The lowest BCUT2D eigenvalue weighted by atomic mass is 9.83. The molecule has 0 aliphatic heterocycles. The van der Waals surface area contributed by atoms with Crippen molar-refractivity contribution in [3.63, 3.8) is 0 Å². The van der Waals surface area contributed by atoms with Crippen molar-refractivity contribution in [3.05, 3.63) is 76.9 Å². The Kier molecular flexibility index (Phi) is 5.76. The van der Waals surface area contributed by atoms with Gasteiger partial charge in [-0.1, -0.05) is 24.3 Å². The number of aryl methyl sites for hydroxylation is 1. The van der Waals surface area contributed by atoms with E-state index >= 15 is 0 Å². The molecule has 0 bridgehead atoms. The van der Waals surface area contributed by atoms with E-state index in [4.69, 9.17) is 14.3 Å². The number of benzene rings is 3. The predicted octanol–water partition coefficient (Wildman–Crippen LogP) is 5.92. The van der Waals surface area contributed by atoms with Gasteiger partial charge in [-0.15, -0.1) is 0 Å². The molecule has 0 unspecified atom stereocenters. The van der Waals surface area contributed by atoms with Crippen molar-refractivity contribution in [3.8, 4) is 28.4 Å². The van der Waals surface area contributed by atoms with E-state index in [-0.39, 0.29) is 24.8 Å². The third kappa shape index (κ3) is 3.88. The second kappa shape index (κ2) is 8.92. The number of carbonyl (C=O) groups excluding carboxylic acids is 3. The van der Waals surface area contributed by atoms with Crippen molar-refractivity contribution in [2.75, 3.05) is 0 Å². The summed E-state index contributed by atoms with van der Waals surface area (Å²) in [7, 11) is 0. The van der Waals surface area contributed by atoms with Gasteiger partial charge in [0.1, 0.15) is 17.3 Å². The molecule has 180 valence electrons. The van der Waals surface area contributed by atoms with Crippen LogP contribution >= 0.6 is 0 Å². The molecule has 0 spiro atoms. The van der Waals surface area contributed by atoms with Crippen LogP contribution in [-0.2, 0) is 9.59 Å². The fourth-order valence-electron chi connectivity index (χ4n) is 4.67. The Hall–Kier alpha value is -4.52. The lowest BCUT2D eigenvalue weighted by molar-refractivity contribution is -0.137. The predicted molar refractivity (Wildman–Crippen MR) is 132 cm³/mol. The van der Waals surface area contributed by atoms with Crippen LogP contribution in [0.4, 0.5) is 0 Å². The van der Waals surface area contributed by atoms with Gasteiger partial charge < -0.3 is 14.3 Å². The number of Topliss-reactive ketones (excluding diaryl/α,β-unsaturated/α-hetero) is 2. The highest BCUT2D eigenvalue weighted by atomic mass is 16.5. The maximum absolute atomic E-state index is 13.2. The number of ether oxygens (including phenoxy) is 1. The van der Waals surface area contributed by atoms with Gasteiger partial charge in [0.15, 0.2) is 0 Å². The molecule has 0 radical (unpaired) electrons. The average Bonchev–Trinajstić information content (AvgIpc) is 3.19. The first kappa shape index (κ1) is 23.2. The SMILES string of the molecule is Cc1c(-c2ccc(OC(=O)CCCC(=O)O)cc2)oc2c1C(=O)C(=O)c1c-2ccc2c(C)cccc12. The number of fused-ring (bicyclic) bond motifs is 5. The minimum atomic E-state index is -0.963. The Bertz CT molecular complexity index is 1570. The maximum Gasteiger partial charge on any atom is 0.311 e. The lowest BCUT2D eigenvalue weighted by Gasteiger charge is -2.16. The van der Waals surface area contributed by atoms with Gasteiger partial charge in [-0.25, -0.2) is 0 Å². The first-order valence-electron chi connectivity index (χ1n) is 11.5. The minimum Gasteiger partial charge on any atom is -0.481 e. The van der Waals surface area contributed by atoms with Crippen molar-refractivity contribution in [1.82, 2.24) is 0 Å². The summed E-state index contributed by atoms with van der Waals surface area (Å²) in [4.78, 5) is 48.9. The van der Waals surface area contributed by atoms with E-state index in [1.807, 2.05) is 37.3 Å². The number of rotatable bonds is 6. The van der Waals surface area contributed by atoms with E-state index in [0.29, 0.717) is 39.5 Å². The molecule has 7 heteroatoms. The van der Waals surface area contributed by atoms with E-state index < -0.39 is 23.5 Å². The van der Waals surface area contributed by atoms with Crippen molar-refractivity contribution >= 4 is 34.3 Å². The minimum absolute atomic E-state index is 0.00181. The molecule has 36 heavy (non-hydrogen) atoms. The zero-order valence-electron chi connectivity index (χ0n) is 19.7. The molecule has 5 rings (SSSR count). The largest absolute Gasteiger partial charge is 0.481 e. The molecule has 1 aromatic heterocycles. The zero-order chi connectivity index (χ0) is 25.6. The first-order chi connectivity index (χ1) is 17.3. The van der Waals surface area contributed by atoms with Crippen molar-refractivity contribution in [2.24, 2.45) is 0 Å². The summed E-state index contributed by atoms with van der Waals surface area (Å²) < 4.78 is 11.5. The van der Waals surface area contributed by atoms with Crippen LogP contribution < -0.4 is 4.74 Å². The number of carboxylic acid groups (broad SMARTS) is 1. The quantitative estimate of drug-likeness (QED) is 0.206. The number of carboxylic acids is 1. The zero-order valence-corrected chi connectivity index (χ0v) is 19.7. The monoisotopic (exact) mass is 482 g/mol. The van der Waals surface area contributed by atoms with Gasteiger partial charge in [0.25, 0.3) is 0 Å². The molecular weight excluding hydrogens is 460 g/mol. The Morgan fingerprint density at radius 1 is 0.833 bits per heavy atom. The number of aliphatic carboxylic acids is 1. The molecule has 0 fully saturated rings. The van der Waals surface area contributed by atoms with Crippen LogP contribution in [0.3, 0.4) is 0 Å². The van der Waals surface area contributed by atoms with Crippen LogP contribution in [0.15, 0.2) is 59.0 Å². The molecule has 0 atom stereocenters. The Morgan fingerprint density at radius 3 is 2.28 bits per heavy atom. The highest BCUT2D eigenvalue weighted by Gasteiger charge is 2.37. The summed E-state index contributed by atoms with van der Waals surface area (Å²) in [6.45, 7) is 3.71. The van der Waals surface area contributed by atoms with Crippen LogP contribution in [0.25, 0.3) is 33.4 Å². The van der Waals surface area contributed by atoms with Gasteiger partial charge >= 0.3 is 11.9 Å². The third-order valence-corrected chi connectivity index (χ3v) is 6.45. The summed E-state index contributed by atoms with van der Waals surface area (Å²) in [5, 5.41) is 10.3. The average molecular weight is 482 g/mol. The van der Waals surface area contributed by atoms with Gasteiger partial charge in [0.05, 0.1) is 5.56 Å². The molecule has 3 aromatic carbocycles. The number of ketones is 2. The summed E-state index contributed by atoms with van der Waals surface area (Å²) >= 11 is 0. The third-order valence-electron chi connectivity index (χ3n) is 6.45. The van der Waals surface area contributed by atoms with Crippen LogP contribution in [-0.4, -0.2) is 28.6 Å². The van der Waals surface area contributed by atoms with E-state index in [9.17, 15) is 19.2 Å². The van der Waals surface area contributed by atoms with Gasteiger partial charge in [0.2, 0.25) is 11.6 Å². The van der Waals surface area contributed by atoms with Crippen LogP contribution in [0, 0.1) is 13.8 Å². The van der Waals surface area contributed by atoms with E-state index in [1.165, 1.54) is 0 Å². The topological polar surface area (TPSA) is 111 Å². The fraction of sp³-hybridized carbons (Fsp3) is 0.172. The molecule has 0 amide bonds. The van der Waals surface area contributed by atoms with Crippen molar-refractivity contribution in [2.45, 2.75) is 33.1 Å². The molecule has 4 aromatic rings. The molecule has 1 aliphatic carbocycles. The highest BCUT2D eigenvalue weighted by molar-refractivity contribution is 6.54. The highest BCUT2D eigenvalue weighted by Crippen LogP contribution is 2.44. The number of carbonyl (C=O) groups is 4. The second-order valence-electron chi connectivity index (χ2n) is 8.82. The second-order valence-corrected chi connectivity index (χ2v) is 8.82. The van der Waals surface area contributed by atoms with Crippen molar-refractivity contribution < 1.29 is 33.4 Å². The summed E-state index contributed by atoms with van der Waals surface area (Å²) in [6.07, 6.45) is 0.102. The fourth-order valence-corrected chi connectivity index (χ4v) is 4.67. The Balaban J connectivity index is 1.49. The summed E-state index contributed by atoms with van der Waals surface area (Å²) in [5.74, 6) is -1.48. The first-order valence-corrected chi connectivity index (χ1v) is 11.5.